The molecular formula is C8H9N5O. The number of nitrogens with two attached hydrogens (primary N) is 2. The van der Waals surface area contributed by atoms with Crippen LogP contribution in [-0.2, 0) is 0 Å². The first-order valence-electron chi connectivity index (χ1n) is 3.93. The van der Waals surface area contributed by atoms with Crippen molar-refractivity contribution >= 4 is 22.8 Å². The summed E-state index contributed by atoms with van der Waals surface area (Å²) in [5.74, 6) is 1.01. The molecule has 0 bridgehead atoms. The predicted molar refractivity (Wildman–Crippen MR) is 52.7 cm³/mol. The number of methoxy groups -OCH3 is 1. The fourth-order valence-corrected chi connectivity index (χ4v) is 1.15. The minimum absolute atomic E-state index is 0.130. The second-order valence-electron chi connectivity index (χ2n) is 2.71. The fourth-order valence-electron chi connectivity index (χ4n) is 1.15. The molecule has 0 saturated carbocycles. The Balaban J connectivity index is 2.75. The highest BCUT2D eigenvalue weighted by Crippen LogP contribution is 2.20. The number of nitrogen functional groups attached to an aromatic ring is 2. The van der Waals surface area contributed by atoms with E-state index in [1.54, 1.807) is 19.4 Å². The molecule has 6 nitrogen and oxygen atoms in total. The Morgan fingerprint density at radius 1 is 1.29 bits per heavy atom. The molecule has 0 atom stereocenters. The third kappa shape index (κ3) is 1.26. The first-order valence-corrected chi connectivity index (χ1v) is 3.93. The summed E-state index contributed by atoms with van der Waals surface area (Å²) < 4.78 is 5.00. The second kappa shape index (κ2) is 2.99. The Hall–Kier alpha value is -2.11. The van der Waals surface area contributed by atoms with Crippen LogP contribution in [0.3, 0.4) is 0 Å². The number of hydrogen-bond acceptors (Lipinski definition) is 6. The molecule has 0 fully saturated rings. The standard InChI is InChI=1S/C8H9N5O/c1-14-4-2-5-6(11-3-4)7(9)13-8(10)12-5/h2-3H,1H3,(H4,9,10,12,13). The van der Waals surface area contributed by atoms with Gasteiger partial charge in [-0.25, -0.2) is 9.97 Å². The summed E-state index contributed by atoms with van der Waals surface area (Å²) in [4.78, 5) is 11.8. The lowest BCUT2D eigenvalue weighted by atomic mass is 10.3. The van der Waals surface area contributed by atoms with Gasteiger partial charge < -0.3 is 16.2 Å². The smallest absolute Gasteiger partial charge is 0.222 e. The molecule has 2 aromatic rings. The Bertz CT molecular complexity index is 484. The summed E-state index contributed by atoms with van der Waals surface area (Å²) in [6, 6.07) is 1.71. The Kier molecular flexibility index (Phi) is 1.81. The Morgan fingerprint density at radius 3 is 2.79 bits per heavy atom. The van der Waals surface area contributed by atoms with E-state index in [1.165, 1.54) is 0 Å². The van der Waals surface area contributed by atoms with E-state index in [0.29, 0.717) is 16.8 Å². The van der Waals surface area contributed by atoms with Crippen molar-refractivity contribution in [2.45, 2.75) is 0 Å². The summed E-state index contributed by atoms with van der Waals surface area (Å²) in [7, 11) is 1.55. The molecule has 0 radical (unpaired) electrons. The molecule has 6 heteroatoms. The van der Waals surface area contributed by atoms with Crippen LogP contribution in [0.2, 0.25) is 0 Å². The number of rotatable bonds is 1. The van der Waals surface area contributed by atoms with Crippen molar-refractivity contribution in [2.24, 2.45) is 0 Å². The number of pyridine rings is 1. The maximum Gasteiger partial charge on any atom is 0.222 e. The lowest BCUT2D eigenvalue weighted by Gasteiger charge is -2.03. The molecule has 72 valence electrons. The van der Waals surface area contributed by atoms with Gasteiger partial charge in [0, 0.05) is 6.07 Å². The summed E-state index contributed by atoms with van der Waals surface area (Å²) in [6.07, 6.45) is 1.55. The van der Waals surface area contributed by atoms with E-state index >= 15 is 0 Å². The zero-order chi connectivity index (χ0) is 10.1. The van der Waals surface area contributed by atoms with E-state index < -0.39 is 0 Å². The van der Waals surface area contributed by atoms with Crippen LogP contribution in [0.4, 0.5) is 11.8 Å². The van der Waals surface area contributed by atoms with Gasteiger partial charge >= 0.3 is 0 Å². The van der Waals surface area contributed by atoms with E-state index in [0.717, 1.165) is 0 Å². The van der Waals surface area contributed by atoms with Crippen LogP contribution < -0.4 is 16.2 Å². The number of hydrogen-bond donors (Lipinski definition) is 2. The van der Waals surface area contributed by atoms with Gasteiger partial charge in [-0.1, -0.05) is 0 Å². The molecule has 0 aliphatic carbocycles. The highest BCUT2D eigenvalue weighted by molar-refractivity contribution is 5.85. The maximum absolute atomic E-state index is 5.61. The van der Waals surface area contributed by atoms with E-state index in [1.807, 2.05) is 0 Å². The summed E-state index contributed by atoms with van der Waals surface area (Å²) in [5, 5.41) is 0. The Morgan fingerprint density at radius 2 is 2.07 bits per heavy atom. The van der Waals surface area contributed by atoms with Crippen LogP contribution >= 0.6 is 0 Å². The van der Waals surface area contributed by atoms with Crippen molar-refractivity contribution in [3.8, 4) is 5.75 Å². The molecule has 0 aliphatic rings. The minimum Gasteiger partial charge on any atom is -0.495 e. The van der Waals surface area contributed by atoms with E-state index in [2.05, 4.69) is 15.0 Å². The predicted octanol–water partition coefficient (Wildman–Crippen LogP) is 0.198. The van der Waals surface area contributed by atoms with Crippen molar-refractivity contribution in [3.63, 3.8) is 0 Å². The third-order valence-corrected chi connectivity index (χ3v) is 1.79. The zero-order valence-corrected chi connectivity index (χ0v) is 7.56. The molecule has 2 heterocycles. The highest BCUT2D eigenvalue weighted by Gasteiger charge is 2.05. The van der Waals surface area contributed by atoms with Gasteiger partial charge in [-0.2, -0.15) is 4.98 Å². The molecule has 0 spiro atoms. The van der Waals surface area contributed by atoms with E-state index in [4.69, 9.17) is 16.2 Å². The molecule has 0 amide bonds. The van der Waals surface area contributed by atoms with Crippen LogP contribution in [0.5, 0.6) is 5.75 Å². The molecule has 0 aliphatic heterocycles. The van der Waals surface area contributed by atoms with Crippen molar-refractivity contribution in [1.29, 1.82) is 0 Å². The van der Waals surface area contributed by atoms with Gasteiger partial charge in [-0.3, -0.25) is 0 Å². The molecule has 0 saturated heterocycles. The Labute approximate surface area is 79.9 Å². The maximum atomic E-state index is 5.61. The number of nitrogens with zero attached hydrogens (tertiary/aromatic N) is 3. The minimum atomic E-state index is 0.130. The van der Waals surface area contributed by atoms with Crippen LogP contribution in [0.15, 0.2) is 12.3 Å². The number of aromatic nitrogens is 3. The topological polar surface area (TPSA) is 99.9 Å². The molecule has 4 N–H and O–H groups in total. The summed E-state index contributed by atoms with van der Waals surface area (Å²) >= 11 is 0. The second-order valence-corrected chi connectivity index (χ2v) is 2.71. The molecular weight excluding hydrogens is 182 g/mol. The molecule has 0 unspecified atom stereocenters. The lowest BCUT2D eigenvalue weighted by molar-refractivity contribution is 0.413. The van der Waals surface area contributed by atoms with Crippen molar-refractivity contribution in [3.05, 3.63) is 12.3 Å². The number of ether oxygens (including phenoxy) is 1. The van der Waals surface area contributed by atoms with Crippen molar-refractivity contribution < 1.29 is 4.74 Å². The average molecular weight is 191 g/mol. The van der Waals surface area contributed by atoms with E-state index in [9.17, 15) is 0 Å². The average Bonchev–Trinajstić information content (AvgIpc) is 2.16. The van der Waals surface area contributed by atoms with Gasteiger partial charge in [0.25, 0.3) is 0 Å². The fraction of sp³-hybridized carbons (Fsp3) is 0.125. The van der Waals surface area contributed by atoms with Crippen LogP contribution in [0, 0.1) is 0 Å². The normalized spacial score (nSPS) is 10.4. The van der Waals surface area contributed by atoms with Crippen molar-refractivity contribution in [1.82, 2.24) is 15.0 Å². The van der Waals surface area contributed by atoms with Gasteiger partial charge in [0.15, 0.2) is 5.82 Å². The van der Waals surface area contributed by atoms with Gasteiger partial charge in [-0.05, 0) is 0 Å². The first kappa shape index (κ1) is 8.49. The monoisotopic (exact) mass is 191 g/mol. The lowest BCUT2D eigenvalue weighted by Crippen LogP contribution is -2.01. The molecule has 2 aromatic heterocycles. The number of fused-ring (bicyclic) bond motifs is 1. The van der Waals surface area contributed by atoms with Crippen LogP contribution in [-0.4, -0.2) is 22.1 Å². The quantitative estimate of drug-likeness (QED) is 0.667. The van der Waals surface area contributed by atoms with Gasteiger partial charge in [0.2, 0.25) is 5.95 Å². The van der Waals surface area contributed by atoms with E-state index in [-0.39, 0.29) is 11.8 Å². The summed E-state index contributed by atoms with van der Waals surface area (Å²) in [6.45, 7) is 0. The molecule has 14 heavy (non-hydrogen) atoms. The van der Waals surface area contributed by atoms with Gasteiger partial charge in [-0.15, -0.1) is 0 Å². The van der Waals surface area contributed by atoms with Gasteiger partial charge in [0.05, 0.1) is 13.3 Å². The third-order valence-electron chi connectivity index (χ3n) is 1.79. The molecule has 0 aromatic carbocycles. The molecule has 2 rings (SSSR count). The largest absolute Gasteiger partial charge is 0.495 e. The van der Waals surface area contributed by atoms with Gasteiger partial charge in [0.1, 0.15) is 16.8 Å². The summed E-state index contributed by atoms with van der Waals surface area (Å²) in [5.41, 5.74) is 12.2. The van der Waals surface area contributed by atoms with Crippen LogP contribution in [0.1, 0.15) is 0 Å². The van der Waals surface area contributed by atoms with Crippen molar-refractivity contribution in [2.75, 3.05) is 18.6 Å². The highest BCUT2D eigenvalue weighted by atomic mass is 16.5. The number of anilines is 2. The van der Waals surface area contributed by atoms with Crippen LogP contribution in [0.25, 0.3) is 11.0 Å². The zero-order valence-electron chi connectivity index (χ0n) is 7.56. The first-order chi connectivity index (χ1) is 6.70. The SMILES string of the molecule is COc1cnc2c(N)nc(N)nc2c1.